The highest BCUT2D eigenvalue weighted by Crippen LogP contribution is 2.44. The van der Waals surface area contributed by atoms with Crippen molar-refractivity contribution in [3.63, 3.8) is 0 Å². The summed E-state index contributed by atoms with van der Waals surface area (Å²) in [5, 5.41) is 1.30. The van der Waals surface area contributed by atoms with Crippen LogP contribution >= 0.6 is 22.9 Å². The van der Waals surface area contributed by atoms with Gasteiger partial charge in [-0.3, -0.25) is 0 Å². The van der Waals surface area contributed by atoms with Gasteiger partial charge in [-0.25, -0.2) is 9.78 Å². The quantitative estimate of drug-likeness (QED) is 0.143. The van der Waals surface area contributed by atoms with E-state index in [0.717, 1.165) is 58.0 Å². The van der Waals surface area contributed by atoms with Crippen LogP contribution in [0.3, 0.4) is 0 Å². The molecule has 1 aromatic heterocycles. The fourth-order valence-corrected chi connectivity index (χ4v) is 7.92. The molecule has 1 saturated carbocycles. The molecule has 10 heteroatoms. The predicted molar refractivity (Wildman–Crippen MR) is 177 cm³/mol. The van der Waals surface area contributed by atoms with E-state index in [4.69, 9.17) is 40.0 Å². The summed E-state index contributed by atoms with van der Waals surface area (Å²) in [6.07, 6.45) is 4.26. The zero-order valence-corrected chi connectivity index (χ0v) is 29.5. The molecule has 1 aliphatic rings. The zero-order valence-electron chi connectivity index (χ0n) is 27.0. The van der Waals surface area contributed by atoms with E-state index in [1.165, 1.54) is 11.3 Å². The van der Waals surface area contributed by atoms with Crippen molar-refractivity contribution in [1.82, 2.24) is 4.98 Å². The van der Waals surface area contributed by atoms with Crippen molar-refractivity contribution in [2.75, 3.05) is 20.8 Å². The minimum atomic E-state index is -2.28. The smallest absolute Gasteiger partial charge is 0.340 e. The van der Waals surface area contributed by atoms with Crippen LogP contribution in [0.15, 0.2) is 24.3 Å². The lowest BCUT2D eigenvalue weighted by molar-refractivity contribution is -0.0704. The van der Waals surface area contributed by atoms with Crippen LogP contribution in [0.5, 0.6) is 11.5 Å². The lowest BCUT2D eigenvalue weighted by atomic mass is 9.99. The average Bonchev–Trinajstić information content (AvgIpc) is 3.60. The highest BCUT2D eigenvalue weighted by atomic mass is 35.5. The Morgan fingerprint density at radius 2 is 1.72 bits per heavy atom. The van der Waals surface area contributed by atoms with E-state index < -0.39 is 20.4 Å². The lowest BCUT2D eigenvalue weighted by Gasteiger charge is -2.42. The Labute approximate surface area is 266 Å². The van der Waals surface area contributed by atoms with Crippen molar-refractivity contribution in [2.45, 2.75) is 103 Å². The Morgan fingerprint density at radius 1 is 1.09 bits per heavy atom. The number of hydrogen-bond donors (Lipinski definition) is 0. The summed E-state index contributed by atoms with van der Waals surface area (Å²) in [6, 6.07) is 7.59. The Hall–Kier alpha value is -2.17. The molecule has 236 valence electrons. The van der Waals surface area contributed by atoms with Gasteiger partial charge in [-0.1, -0.05) is 45.2 Å². The number of carbonyl (C=O) groups is 1. The molecule has 0 spiro atoms. The van der Waals surface area contributed by atoms with Gasteiger partial charge in [-0.2, -0.15) is 0 Å². The normalized spacial score (nSPS) is 16.0. The van der Waals surface area contributed by atoms with Gasteiger partial charge in [0.2, 0.25) is 0 Å². The first-order chi connectivity index (χ1) is 20.3. The van der Waals surface area contributed by atoms with Crippen molar-refractivity contribution in [2.24, 2.45) is 0 Å². The highest BCUT2D eigenvalue weighted by Gasteiger charge is 2.43. The molecule has 0 bridgehead atoms. The van der Waals surface area contributed by atoms with Gasteiger partial charge >= 0.3 is 5.97 Å². The Balaban J connectivity index is 1.84. The first-order valence-corrected chi connectivity index (χ1v) is 19.2. The SMILES string of the molecule is CCOC(=O)c1cc(Cl)cc2sc(C[C@H](OC3CCCC3)[C@H](O[Si](C)(C)C(C)(C)C)c3cc(OC)c(C)c(OC)c3)nc12. The first-order valence-electron chi connectivity index (χ1n) is 15.1. The molecule has 0 saturated heterocycles. The Kier molecular flexibility index (Phi) is 10.9. The molecule has 0 amide bonds. The third kappa shape index (κ3) is 7.74. The number of aromatic nitrogens is 1. The first kappa shape index (κ1) is 33.7. The van der Waals surface area contributed by atoms with Crippen LogP contribution in [0, 0.1) is 6.92 Å². The van der Waals surface area contributed by atoms with Crippen molar-refractivity contribution >= 4 is 47.4 Å². The zero-order chi connectivity index (χ0) is 31.5. The fourth-order valence-electron chi connectivity index (χ4n) is 5.29. The van der Waals surface area contributed by atoms with Crippen LogP contribution in [0.2, 0.25) is 23.2 Å². The van der Waals surface area contributed by atoms with Crippen LogP contribution in [0.4, 0.5) is 0 Å². The summed E-state index contributed by atoms with van der Waals surface area (Å²) in [6.45, 7) is 15.3. The second kappa shape index (κ2) is 13.9. The molecule has 1 aliphatic carbocycles. The standard InChI is InChI=1S/C33H46ClNO6SSi/c1-10-39-32(36)24-17-22(34)18-28-30(24)35-29(42-28)19-27(40-23-13-11-12-14-23)31(41-43(8,9)33(3,4)5)21-15-25(37-6)20(2)26(16-21)38-7/h15-18,23,27,31H,10-14,19H2,1-9H3/t27-,31+/m0/s1. The second-order valence-electron chi connectivity index (χ2n) is 12.8. The van der Waals surface area contributed by atoms with Gasteiger partial charge < -0.3 is 23.4 Å². The molecule has 7 nitrogen and oxygen atoms in total. The van der Waals surface area contributed by atoms with E-state index in [9.17, 15) is 4.79 Å². The highest BCUT2D eigenvalue weighted by molar-refractivity contribution is 7.18. The Bertz CT molecular complexity index is 1400. The van der Waals surface area contributed by atoms with E-state index in [1.54, 1.807) is 27.2 Å². The predicted octanol–water partition coefficient (Wildman–Crippen LogP) is 9.09. The molecule has 0 unspecified atom stereocenters. The number of hydrogen-bond acceptors (Lipinski definition) is 8. The van der Waals surface area contributed by atoms with Gasteiger partial charge in [0.25, 0.3) is 0 Å². The van der Waals surface area contributed by atoms with Crippen molar-refractivity contribution < 1.29 is 28.2 Å². The molecule has 1 fully saturated rings. The molecule has 4 rings (SSSR count). The summed E-state index contributed by atoms with van der Waals surface area (Å²) in [5.41, 5.74) is 2.86. The average molecular weight is 648 g/mol. The van der Waals surface area contributed by atoms with E-state index in [0.29, 0.717) is 22.5 Å². The summed E-state index contributed by atoms with van der Waals surface area (Å²) in [4.78, 5) is 17.7. The number of ether oxygens (including phenoxy) is 4. The van der Waals surface area contributed by atoms with Crippen LogP contribution in [-0.4, -0.2) is 52.3 Å². The van der Waals surface area contributed by atoms with Crippen molar-refractivity contribution in [1.29, 1.82) is 0 Å². The van der Waals surface area contributed by atoms with E-state index in [-0.39, 0.29) is 23.9 Å². The summed E-state index contributed by atoms with van der Waals surface area (Å²) < 4.78 is 31.9. The number of thiazole rings is 1. The third-order valence-corrected chi connectivity index (χ3v) is 14.4. The molecule has 2 atom stereocenters. The maximum atomic E-state index is 12.8. The lowest BCUT2D eigenvalue weighted by Crippen LogP contribution is -2.45. The number of benzene rings is 2. The maximum Gasteiger partial charge on any atom is 0.340 e. The molecule has 0 radical (unpaired) electrons. The molecular formula is C33H46ClNO6SSi. The van der Waals surface area contributed by atoms with Crippen molar-refractivity contribution in [3.05, 3.63) is 51.0 Å². The van der Waals surface area contributed by atoms with E-state index in [1.807, 2.05) is 13.0 Å². The molecular weight excluding hydrogens is 602 g/mol. The van der Waals surface area contributed by atoms with Gasteiger partial charge in [-0.15, -0.1) is 11.3 Å². The van der Waals surface area contributed by atoms with Gasteiger partial charge in [-0.05, 0) is 74.7 Å². The molecule has 0 aliphatic heterocycles. The summed E-state index contributed by atoms with van der Waals surface area (Å²) >= 11 is 7.94. The maximum absolute atomic E-state index is 12.8. The number of esters is 1. The number of nitrogens with zero attached hydrogens (tertiary/aromatic N) is 1. The topological polar surface area (TPSA) is 76.1 Å². The van der Waals surface area contributed by atoms with Gasteiger partial charge in [0.05, 0.1) is 59.9 Å². The molecule has 3 aromatic rings. The minimum Gasteiger partial charge on any atom is -0.496 e. The van der Waals surface area contributed by atoms with Crippen LogP contribution in [-0.2, 0) is 20.3 Å². The van der Waals surface area contributed by atoms with E-state index >= 15 is 0 Å². The van der Waals surface area contributed by atoms with Crippen molar-refractivity contribution in [3.8, 4) is 11.5 Å². The van der Waals surface area contributed by atoms with Crippen LogP contribution < -0.4 is 9.47 Å². The number of rotatable bonds is 12. The molecule has 0 N–H and O–H groups in total. The third-order valence-electron chi connectivity index (χ3n) is 8.71. The molecule has 1 heterocycles. The number of fused-ring (bicyclic) bond motifs is 1. The summed E-state index contributed by atoms with van der Waals surface area (Å²) in [7, 11) is 1.07. The molecule has 43 heavy (non-hydrogen) atoms. The Morgan fingerprint density at radius 3 is 2.28 bits per heavy atom. The second-order valence-corrected chi connectivity index (χ2v) is 19.1. The van der Waals surface area contributed by atoms with Crippen LogP contribution in [0.25, 0.3) is 10.2 Å². The summed E-state index contributed by atoms with van der Waals surface area (Å²) in [5.74, 6) is 1.06. The molecule has 2 aromatic carbocycles. The number of carbonyl (C=O) groups excluding carboxylic acids is 1. The number of halogens is 1. The largest absolute Gasteiger partial charge is 0.496 e. The van der Waals surface area contributed by atoms with E-state index in [2.05, 4.69) is 46.0 Å². The van der Waals surface area contributed by atoms with Crippen LogP contribution in [0.1, 0.15) is 86.0 Å². The van der Waals surface area contributed by atoms with Gasteiger partial charge in [0.1, 0.15) is 11.5 Å². The minimum absolute atomic E-state index is 0.0246. The van der Waals surface area contributed by atoms with Gasteiger partial charge in [0, 0.05) is 17.0 Å². The number of methoxy groups -OCH3 is 2. The monoisotopic (exact) mass is 647 g/mol. The van der Waals surface area contributed by atoms with Gasteiger partial charge in [0.15, 0.2) is 8.32 Å². The fraction of sp³-hybridized carbons (Fsp3) is 0.576.